The maximum absolute atomic E-state index is 12.9. The standard InChI is InChI=1S/C16H17NO/c1-17(2)16(18)15(13-9-5-3-6-10-13)14-11-7-4-8-12-14/h3-12,15H,1-2H3/i1D3,2D3. The van der Waals surface area contributed by atoms with E-state index in [1.165, 1.54) is 0 Å². The van der Waals surface area contributed by atoms with E-state index in [1.807, 2.05) is 0 Å². The topological polar surface area (TPSA) is 20.3 Å². The summed E-state index contributed by atoms with van der Waals surface area (Å²) in [7, 11) is 0. The second kappa shape index (κ2) is 5.50. The molecular weight excluding hydrogens is 222 g/mol. The van der Waals surface area contributed by atoms with Crippen LogP contribution in [0.1, 0.15) is 25.3 Å². The molecule has 2 heteroatoms. The van der Waals surface area contributed by atoms with Crippen molar-refractivity contribution >= 4 is 5.91 Å². The van der Waals surface area contributed by atoms with Gasteiger partial charge in [0.2, 0.25) is 5.91 Å². The quantitative estimate of drug-likeness (QED) is 0.814. The molecule has 0 aliphatic rings. The minimum atomic E-state index is -3.07. The van der Waals surface area contributed by atoms with Crippen molar-refractivity contribution in [2.45, 2.75) is 5.92 Å². The summed E-state index contributed by atoms with van der Waals surface area (Å²) in [4.78, 5) is 13.0. The Bertz CT molecular complexity index is 628. The summed E-state index contributed by atoms with van der Waals surface area (Å²) in [6, 6.07) is 17.1. The van der Waals surface area contributed by atoms with Crippen molar-refractivity contribution in [3.63, 3.8) is 0 Å². The lowest BCUT2D eigenvalue weighted by atomic mass is 9.90. The van der Waals surface area contributed by atoms with Crippen molar-refractivity contribution < 1.29 is 13.0 Å². The van der Waals surface area contributed by atoms with E-state index < -0.39 is 25.8 Å². The first-order valence-corrected chi connectivity index (χ1v) is 5.56. The predicted octanol–water partition coefficient (Wildman–Crippen LogP) is 2.91. The van der Waals surface area contributed by atoms with Gasteiger partial charge >= 0.3 is 0 Å². The highest BCUT2D eigenvalue weighted by atomic mass is 16.2. The largest absolute Gasteiger partial charge is 0.348 e. The third-order valence-electron chi connectivity index (χ3n) is 2.73. The van der Waals surface area contributed by atoms with Crippen molar-refractivity contribution in [3.8, 4) is 0 Å². The van der Waals surface area contributed by atoms with E-state index in [0.29, 0.717) is 11.1 Å². The van der Waals surface area contributed by atoms with Gasteiger partial charge in [-0.2, -0.15) is 0 Å². The van der Waals surface area contributed by atoms with Crippen LogP contribution in [-0.2, 0) is 4.79 Å². The van der Waals surface area contributed by atoms with Gasteiger partial charge in [0.05, 0.1) is 5.92 Å². The number of carbonyl (C=O) groups is 1. The summed E-state index contributed by atoms with van der Waals surface area (Å²) in [5.74, 6) is -1.99. The Morgan fingerprint density at radius 2 is 1.39 bits per heavy atom. The van der Waals surface area contributed by atoms with Crippen LogP contribution in [0.15, 0.2) is 60.7 Å². The lowest BCUT2D eigenvalue weighted by Gasteiger charge is -2.21. The van der Waals surface area contributed by atoms with Gasteiger partial charge < -0.3 is 4.90 Å². The molecule has 0 spiro atoms. The Morgan fingerprint density at radius 1 is 0.944 bits per heavy atom. The molecule has 92 valence electrons. The molecule has 2 aromatic carbocycles. The Kier molecular flexibility index (Phi) is 2.06. The van der Waals surface area contributed by atoms with Crippen LogP contribution in [0.2, 0.25) is 0 Å². The van der Waals surface area contributed by atoms with E-state index in [4.69, 9.17) is 8.22 Å². The van der Waals surface area contributed by atoms with Crippen LogP contribution in [-0.4, -0.2) is 24.8 Å². The molecule has 1 amide bonds. The van der Waals surface area contributed by atoms with E-state index in [-0.39, 0.29) is 4.90 Å². The third kappa shape index (κ3) is 2.59. The summed E-state index contributed by atoms with van der Waals surface area (Å²) < 4.78 is 44.8. The van der Waals surface area contributed by atoms with E-state index in [0.717, 1.165) is 0 Å². The predicted molar refractivity (Wildman–Crippen MR) is 73.4 cm³/mol. The van der Waals surface area contributed by atoms with Crippen LogP contribution in [0, 0.1) is 0 Å². The first kappa shape index (κ1) is 6.74. The number of hydrogen-bond donors (Lipinski definition) is 0. The SMILES string of the molecule is [2H]C([2H])([2H])N(C(=O)C(c1ccccc1)c1ccccc1)C([2H])([2H])[2H]. The van der Waals surface area contributed by atoms with E-state index in [9.17, 15) is 4.79 Å². The van der Waals surface area contributed by atoms with Crippen molar-refractivity contribution in [1.29, 1.82) is 0 Å². The molecule has 0 aliphatic carbocycles. The van der Waals surface area contributed by atoms with Gasteiger partial charge in [-0.1, -0.05) is 60.7 Å². The molecule has 2 nitrogen and oxygen atoms in total. The molecule has 2 aromatic rings. The van der Waals surface area contributed by atoms with Gasteiger partial charge in [-0.05, 0) is 11.1 Å². The number of benzene rings is 2. The number of nitrogens with zero attached hydrogens (tertiary/aromatic N) is 1. The molecule has 0 fully saturated rings. The smallest absolute Gasteiger partial charge is 0.234 e. The molecule has 0 atom stereocenters. The highest BCUT2D eigenvalue weighted by Crippen LogP contribution is 2.25. The molecule has 0 N–H and O–H groups in total. The number of rotatable bonds is 3. The average molecular weight is 245 g/mol. The van der Waals surface area contributed by atoms with Crippen LogP contribution >= 0.6 is 0 Å². The summed E-state index contributed by atoms with van der Waals surface area (Å²) in [6.07, 6.45) is 0. The van der Waals surface area contributed by atoms with Crippen LogP contribution in [0.5, 0.6) is 0 Å². The zero-order valence-electron chi connectivity index (χ0n) is 15.7. The molecule has 0 saturated carbocycles. The van der Waals surface area contributed by atoms with Crippen molar-refractivity contribution in [2.24, 2.45) is 0 Å². The molecule has 18 heavy (non-hydrogen) atoms. The Morgan fingerprint density at radius 3 is 1.78 bits per heavy atom. The van der Waals surface area contributed by atoms with E-state index in [1.54, 1.807) is 60.7 Å². The first-order chi connectivity index (χ1) is 11.1. The van der Waals surface area contributed by atoms with Crippen LogP contribution in [0.3, 0.4) is 0 Å². The highest BCUT2D eigenvalue weighted by molar-refractivity contribution is 5.86. The zero-order valence-corrected chi connectivity index (χ0v) is 9.71. The van der Waals surface area contributed by atoms with Gasteiger partial charge in [0.25, 0.3) is 0 Å². The third-order valence-corrected chi connectivity index (χ3v) is 2.73. The number of carbonyl (C=O) groups excluding carboxylic acids is 1. The molecule has 0 heterocycles. The maximum Gasteiger partial charge on any atom is 0.234 e. The van der Waals surface area contributed by atoms with Gasteiger partial charge in [0.1, 0.15) is 0 Å². The number of likely N-dealkylation sites (N-methyl/N-ethyl adjacent to an activating group) is 1. The molecular formula is C16H17NO. The molecule has 0 saturated heterocycles. The van der Waals surface area contributed by atoms with Gasteiger partial charge in [-0.25, -0.2) is 0 Å². The van der Waals surface area contributed by atoms with Crippen molar-refractivity contribution in [1.82, 2.24) is 4.90 Å². The summed E-state index contributed by atoms with van der Waals surface area (Å²) >= 11 is 0. The Balaban J connectivity index is 2.57. The summed E-state index contributed by atoms with van der Waals surface area (Å²) in [5, 5.41) is 0. The highest BCUT2D eigenvalue weighted by Gasteiger charge is 2.23. The van der Waals surface area contributed by atoms with E-state index in [2.05, 4.69) is 0 Å². The minimum absolute atomic E-state index is 0.0185. The fourth-order valence-corrected chi connectivity index (χ4v) is 1.90. The minimum Gasteiger partial charge on any atom is -0.348 e. The maximum atomic E-state index is 12.9. The van der Waals surface area contributed by atoms with Crippen LogP contribution in [0.25, 0.3) is 0 Å². The number of amides is 1. The number of hydrogen-bond acceptors (Lipinski definition) is 1. The first-order valence-electron chi connectivity index (χ1n) is 8.56. The fourth-order valence-electron chi connectivity index (χ4n) is 1.90. The van der Waals surface area contributed by atoms with Crippen LogP contribution < -0.4 is 0 Å². The van der Waals surface area contributed by atoms with E-state index >= 15 is 0 Å². The lowest BCUT2D eigenvalue weighted by Crippen LogP contribution is -2.28. The second-order valence-electron chi connectivity index (χ2n) is 3.93. The second-order valence-corrected chi connectivity index (χ2v) is 3.93. The Labute approximate surface area is 116 Å². The monoisotopic (exact) mass is 245 g/mol. The van der Waals surface area contributed by atoms with Gasteiger partial charge in [0, 0.05) is 22.2 Å². The lowest BCUT2D eigenvalue weighted by molar-refractivity contribution is -0.129. The van der Waals surface area contributed by atoms with Gasteiger partial charge in [0.15, 0.2) is 0 Å². The van der Waals surface area contributed by atoms with Crippen molar-refractivity contribution in [2.75, 3.05) is 14.0 Å². The summed E-state index contributed by atoms with van der Waals surface area (Å²) in [6.45, 7) is -6.13. The Hall–Kier alpha value is -2.09. The molecule has 0 aliphatic heterocycles. The zero-order chi connectivity index (χ0) is 18.0. The van der Waals surface area contributed by atoms with Gasteiger partial charge in [-0.3, -0.25) is 4.79 Å². The van der Waals surface area contributed by atoms with Crippen LogP contribution in [0.4, 0.5) is 0 Å². The molecule has 0 unspecified atom stereocenters. The molecule has 0 bridgehead atoms. The normalized spacial score (nSPS) is 16.7. The fraction of sp³-hybridized carbons (Fsp3) is 0.188. The molecule has 0 radical (unpaired) electrons. The van der Waals surface area contributed by atoms with Gasteiger partial charge in [-0.15, -0.1) is 0 Å². The molecule has 0 aromatic heterocycles. The summed E-state index contributed by atoms with van der Waals surface area (Å²) in [5.41, 5.74) is 1.07. The molecule has 2 rings (SSSR count). The average Bonchev–Trinajstić information content (AvgIpc) is 2.46. The van der Waals surface area contributed by atoms with Crippen molar-refractivity contribution in [3.05, 3.63) is 71.8 Å².